The van der Waals surface area contributed by atoms with E-state index in [1.807, 2.05) is 20.8 Å². The Kier molecular flexibility index (Phi) is 5.69. The lowest BCUT2D eigenvalue weighted by Crippen LogP contribution is -2.46. The summed E-state index contributed by atoms with van der Waals surface area (Å²) in [5.41, 5.74) is -0.190. The van der Waals surface area contributed by atoms with E-state index in [1.165, 1.54) is 0 Å². The molecule has 0 unspecified atom stereocenters. The van der Waals surface area contributed by atoms with Crippen LogP contribution in [-0.4, -0.2) is 56.6 Å². The van der Waals surface area contributed by atoms with Crippen LogP contribution in [0.4, 0.5) is 0 Å². The predicted octanol–water partition coefficient (Wildman–Crippen LogP) is -1.14. The standard InChI is InChI=1S/C10H22O5/c1-10(2,3)4-6(12)8(14)9(15)7(13)5-11/h6-9,11-15H,4-5H2,1-3H3/t6-,7-,8-,9+/m1/s1. The lowest BCUT2D eigenvalue weighted by Gasteiger charge is -2.29. The molecule has 0 radical (unpaired) electrons. The van der Waals surface area contributed by atoms with E-state index >= 15 is 0 Å². The van der Waals surface area contributed by atoms with Crippen molar-refractivity contribution < 1.29 is 25.5 Å². The summed E-state index contributed by atoms with van der Waals surface area (Å²) in [4.78, 5) is 0. The van der Waals surface area contributed by atoms with E-state index in [9.17, 15) is 15.3 Å². The van der Waals surface area contributed by atoms with Crippen molar-refractivity contribution in [1.29, 1.82) is 0 Å². The Bertz CT molecular complexity index is 177. The first kappa shape index (κ1) is 14.8. The van der Waals surface area contributed by atoms with Gasteiger partial charge >= 0.3 is 0 Å². The van der Waals surface area contributed by atoms with Crippen molar-refractivity contribution >= 4 is 0 Å². The number of aliphatic hydroxyl groups is 5. The zero-order valence-corrected chi connectivity index (χ0v) is 9.46. The average molecular weight is 222 g/mol. The lowest BCUT2D eigenvalue weighted by atomic mass is 9.86. The monoisotopic (exact) mass is 222 g/mol. The summed E-state index contributed by atoms with van der Waals surface area (Å²) in [6.07, 6.45) is -5.25. The topological polar surface area (TPSA) is 101 Å². The Hall–Kier alpha value is -0.200. The molecule has 0 aromatic rings. The normalized spacial score (nSPS) is 20.8. The third-order valence-electron chi connectivity index (χ3n) is 2.15. The minimum absolute atomic E-state index is 0.190. The molecule has 0 fully saturated rings. The van der Waals surface area contributed by atoms with Crippen molar-refractivity contribution in [2.75, 3.05) is 6.61 Å². The first-order chi connectivity index (χ1) is 6.69. The fraction of sp³-hybridized carbons (Fsp3) is 1.00. The molecule has 0 aromatic carbocycles. The maximum absolute atomic E-state index is 9.57. The van der Waals surface area contributed by atoms with Gasteiger partial charge in [-0.25, -0.2) is 0 Å². The van der Waals surface area contributed by atoms with E-state index in [4.69, 9.17) is 10.2 Å². The molecular formula is C10H22O5. The van der Waals surface area contributed by atoms with Gasteiger partial charge in [0, 0.05) is 0 Å². The fourth-order valence-corrected chi connectivity index (χ4v) is 1.31. The molecule has 92 valence electrons. The molecule has 0 saturated carbocycles. The Morgan fingerprint density at radius 3 is 1.60 bits per heavy atom. The highest BCUT2D eigenvalue weighted by atomic mass is 16.4. The molecule has 4 atom stereocenters. The van der Waals surface area contributed by atoms with Gasteiger partial charge < -0.3 is 25.5 Å². The van der Waals surface area contributed by atoms with E-state index in [0.717, 1.165) is 0 Å². The van der Waals surface area contributed by atoms with Crippen LogP contribution in [0.2, 0.25) is 0 Å². The second-order valence-electron chi connectivity index (χ2n) is 5.06. The maximum Gasteiger partial charge on any atom is 0.110 e. The summed E-state index contributed by atoms with van der Waals surface area (Å²) in [6.45, 7) is 5.01. The molecule has 15 heavy (non-hydrogen) atoms. The SMILES string of the molecule is CC(C)(C)C[C@@H](O)[C@@H](O)[C@@H](O)[C@H](O)CO. The highest BCUT2D eigenvalue weighted by molar-refractivity contribution is 4.83. The number of hydrogen-bond donors (Lipinski definition) is 5. The molecule has 0 aliphatic rings. The summed E-state index contributed by atoms with van der Waals surface area (Å²) in [7, 11) is 0. The van der Waals surface area contributed by atoms with Crippen molar-refractivity contribution in [1.82, 2.24) is 0 Å². The smallest absolute Gasteiger partial charge is 0.110 e. The molecule has 0 aromatic heterocycles. The van der Waals surface area contributed by atoms with Gasteiger partial charge in [-0.1, -0.05) is 20.8 Å². The average Bonchev–Trinajstić information content (AvgIpc) is 2.11. The van der Waals surface area contributed by atoms with Crippen LogP contribution in [0, 0.1) is 5.41 Å². The summed E-state index contributed by atoms with van der Waals surface area (Å²) in [5.74, 6) is 0. The molecule has 5 nitrogen and oxygen atoms in total. The minimum Gasteiger partial charge on any atom is -0.394 e. The van der Waals surface area contributed by atoms with Crippen LogP contribution in [0.25, 0.3) is 0 Å². The van der Waals surface area contributed by atoms with Crippen LogP contribution in [0.5, 0.6) is 0 Å². The van der Waals surface area contributed by atoms with Crippen molar-refractivity contribution in [2.45, 2.75) is 51.6 Å². The quantitative estimate of drug-likeness (QED) is 0.405. The molecule has 0 heterocycles. The molecule has 5 N–H and O–H groups in total. The van der Waals surface area contributed by atoms with Gasteiger partial charge in [0.1, 0.15) is 18.3 Å². The van der Waals surface area contributed by atoms with Gasteiger partial charge in [0.2, 0.25) is 0 Å². The molecule has 0 aliphatic heterocycles. The van der Waals surface area contributed by atoms with E-state index in [0.29, 0.717) is 6.42 Å². The van der Waals surface area contributed by atoms with Gasteiger partial charge in [0.15, 0.2) is 0 Å². The van der Waals surface area contributed by atoms with Crippen LogP contribution < -0.4 is 0 Å². The largest absolute Gasteiger partial charge is 0.394 e. The molecule has 0 amide bonds. The second-order valence-corrected chi connectivity index (χ2v) is 5.06. The lowest BCUT2D eigenvalue weighted by molar-refractivity contribution is -0.121. The number of rotatable bonds is 5. The summed E-state index contributed by atoms with van der Waals surface area (Å²) < 4.78 is 0. The van der Waals surface area contributed by atoms with Gasteiger partial charge in [-0.3, -0.25) is 0 Å². The Morgan fingerprint density at radius 2 is 1.27 bits per heavy atom. The Balaban J connectivity index is 4.25. The summed E-state index contributed by atoms with van der Waals surface area (Å²) in [5, 5.41) is 46.0. The van der Waals surface area contributed by atoms with Crippen LogP contribution >= 0.6 is 0 Å². The third kappa shape index (κ3) is 5.44. The Morgan fingerprint density at radius 1 is 0.867 bits per heavy atom. The van der Waals surface area contributed by atoms with Gasteiger partial charge in [-0.2, -0.15) is 0 Å². The summed E-state index contributed by atoms with van der Waals surface area (Å²) >= 11 is 0. The maximum atomic E-state index is 9.57. The highest BCUT2D eigenvalue weighted by Crippen LogP contribution is 2.23. The van der Waals surface area contributed by atoms with Gasteiger partial charge in [-0.15, -0.1) is 0 Å². The summed E-state index contributed by atoms with van der Waals surface area (Å²) in [6, 6.07) is 0. The number of hydrogen-bond acceptors (Lipinski definition) is 5. The Labute approximate surface area is 90.0 Å². The van der Waals surface area contributed by atoms with E-state index < -0.39 is 31.0 Å². The zero-order valence-electron chi connectivity index (χ0n) is 9.46. The molecule has 0 saturated heterocycles. The number of aliphatic hydroxyl groups excluding tert-OH is 5. The fourth-order valence-electron chi connectivity index (χ4n) is 1.31. The molecule has 0 aliphatic carbocycles. The third-order valence-corrected chi connectivity index (χ3v) is 2.15. The van der Waals surface area contributed by atoms with Crippen molar-refractivity contribution in [3.63, 3.8) is 0 Å². The van der Waals surface area contributed by atoms with E-state index in [-0.39, 0.29) is 5.41 Å². The van der Waals surface area contributed by atoms with Crippen LogP contribution in [-0.2, 0) is 0 Å². The molecular weight excluding hydrogens is 200 g/mol. The van der Waals surface area contributed by atoms with Crippen LogP contribution in [0.3, 0.4) is 0 Å². The molecule has 0 rings (SSSR count). The molecule has 0 spiro atoms. The highest BCUT2D eigenvalue weighted by Gasteiger charge is 2.32. The second kappa shape index (κ2) is 5.77. The van der Waals surface area contributed by atoms with Crippen molar-refractivity contribution in [3.05, 3.63) is 0 Å². The van der Waals surface area contributed by atoms with E-state index in [1.54, 1.807) is 0 Å². The van der Waals surface area contributed by atoms with E-state index in [2.05, 4.69) is 0 Å². The first-order valence-corrected chi connectivity index (χ1v) is 5.02. The van der Waals surface area contributed by atoms with Gasteiger partial charge in [0.25, 0.3) is 0 Å². The molecule has 5 heteroatoms. The van der Waals surface area contributed by atoms with Crippen molar-refractivity contribution in [3.8, 4) is 0 Å². The van der Waals surface area contributed by atoms with Gasteiger partial charge in [0.05, 0.1) is 12.7 Å². The first-order valence-electron chi connectivity index (χ1n) is 5.02. The van der Waals surface area contributed by atoms with Crippen molar-refractivity contribution in [2.24, 2.45) is 5.41 Å². The van der Waals surface area contributed by atoms with Gasteiger partial charge in [-0.05, 0) is 11.8 Å². The predicted molar refractivity (Wildman–Crippen MR) is 55.2 cm³/mol. The molecule has 0 bridgehead atoms. The minimum atomic E-state index is -1.53. The zero-order chi connectivity index (χ0) is 12.2. The van der Waals surface area contributed by atoms with Crippen LogP contribution in [0.15, 0.2) is 0 Å². The van der Waals surface area contributed by atoms with Crippen LogP contribution in [0.1, 0.15) is 27.2 Å².